The van der Waals surface area contributed by atoms with E-state index in [1.54, 1.807) is 20.0 Å². The van der Waals surface area contributed by atoms with Gasteiger partial charge in [0.1, 0.15) is 14.0 Å². The van der Waals surface area contributed by atoms with E-state index in [4.69, 9.17) is 11.6 Å². The molecule has 1 rings (SSSR count). The first-order valence-electron chi connectivity index (χ1n) is 3.35. The van der Waals surface area contributed by atoms with Gasteiger partial charge in [0.05, 0.1) is 0 Å². The molecule has 0 aromatic rings. The maximum Gasteiger partial charge on any atom is 0.252 e. The highest BCUT2D eigenvalue weighted by Crippen LogP contribution is 2.22. The summed E-state index contributed by atoms with van der Waals surface area (Å²) in [6, 6.07) is 0. The molecule has 4 heteroatoms. The third-order valence-electron chi connectivity index (χ3n) is 1.65. The first kappa shape index (κ1) is 8.53. The highest BCUT2D eigenvalue weighted by atomic mass is 35.5. The molecule has 2 atom stereocenters. The molecule has 0 saturated heterocycles. The molecule has 0 N–H and O–H groups in total. The number of alkyl halides is 1. The summed E-state index contributed by atoms with van der Waals surface area (Å²) in [6.07, 6.45) is 3.36. The standard InChI is InChI=1S/C7H7BClFO/c8-5-2-1-4(7(9)11)3-6(5)10/h1-3,5-6H,8H2. The van der Waals surface area contributed by atoms with Crippen molar-refractivity contribution in [2.24, 2.45) is 0 Å². The molecule has 0 amide bonds. The van der Waals surface area contributed by atoms with Gasteiger partial charge in [-0.3, -0.25) is 4.79 Å². The summed E-state index contributed by atoms with van der Waals surface area (Å²) in [5, 5.41) is -0.601. The molecular weight excluding hydrogens is 165 g/mol. The minimum absolute atomic E-state index is 0.158. The van der Waals surface area contributed by atoms with Crippen LogP contribution in [0.25, 0.3) is 0 Å². The van der Waals surface area contributed by atoms with Crippen LogP contribution in [0.15, 0.2) is 23.8 Å². The summed E-state index contributed by atoms with van der Waals surface area (Å²) in [7, 11) is 1.74. The lowest BCUT2D eigenvalue weighted by Crippen LogP contribution is -2.11. The normalized spacial score (nSPS) is 29.8. The lowest BCUT2D eigenvalue weighted by Gasteiger charge is -2.13. The topological polar surface area (TPSA) is 17.1 Å². The van der Waals surface area contributed by atoms with E-state index in [1.807, 2.05) is 0 Å². The molecule has 0 aromatic heterocycles. The third kappa shape index (κ3) is 1.93. The van der Waals surface area contributed by atoms with Crippen molar-refractivity contribution in [3.63, 3.8) is 0 Å². The van der Waals surface area contributed by atoms with Gasteiger partial charge in [0.2, 0.25) is 0 Å². The molecule has 1 aliphatic rings. The number of carbonyl (C=O) groups is 1. The van der Waals surface area contributed by atoms with Gasteiger partial charge in [-0.2, -0.15) is 0 Å². The predicted octanol–water partition coefficient (Wildman–Crippen LogP) is 1.01. The molecule has 0 aliphatic heterocycles. The molecule has 0 heterocycles. The Bertz CT molecular complexity index is 237. The molecule has 1 aliphatic carbocycles. The van der Waals surface area contributed by atoms with Crippen molar-refractivity contribution in [1.29, 1.82) is 0 Å². The highest BCUT2D eigenvalue weighted by Gasteiger charge is 2.17. The van der Waals surface area contributed by atoms with Crippen LogP contribution < -0.4 is 0 Å². The molecule has 0 aromatic carbocycles. The van der Waals surface area contributed by atoms with E-state index in [0.29, 0.717) is 0 Å². The molecule has 0 fully saturated rings. The fraction of sp³-hybridized carbons (Fsp3) is 0.286. The van der Waals surface area contributed by atoms with E-state index < -0.39 is 11.4 Å². The Morgan fingerprint density at radius 2 is 2.36 bits per heavy atom. The molecular formula is C7H7BClFO. The number of hydrogen-bond acceptors (Lipinski definition) is 1. The summed E-state index contributed by atoms with van der Waals surface area (Å²) in [5.74, 6) is -0.158. The predicted molar refractivity (Wildman–Crippen MR) is 45.3 cm³/mol. The van der Waals surface area contributed by atoms with Gasteiger partial charge >= 0.3 is 0 Å². The second-order valence-corrected chi connectivity index (χ2v) is 2.90. The van der Waals surface area contributed by atoms with E-state index in [1.165, 1.54) is 6.08 Å². The zero-order valence-electron chi connectivity index (χ0n) is 6.05. The summed E-state index contributed by atoms with van der Waals surface area (Å²) in [5.41, 5.74) is 0.247. The Hall–Kier alpha value is -0.565. The van der Waals surface area contributed by atoms with Crippen LogP contribution >= 0.6 is 11.6 Å². The number of halogens is 2. The minimum Gasteiger partial charge on any atom is -0.276 e. The Balaban J connectivity index is 2.80. The smallest absolute Gasteiger partial charge is 0.252 e. The highest BCUT2D eigenvalue weighted by molar-refractivity contribution is 6.68. The van der Waals surface area contributed by atoms with Gasteiger partial charge in [-0.25, -0.2) is 4.39 Å². The second-order valence-electron chi connectivity index (χ2n) is 2.56. The fourth-order valence-corrected chi connectivity index (χ4v) is 0.997. The lowest BCUT2D eigenvalue weighted by molar-refractivity contribution is -0.108. The minimum atomic E-state index is -1.09. The summed E-state index contributed by atoms with van der Waals surface area (Å²) in [4.78, 5) is 10.5. The van der Waals surface area contributed by atoms with Crippen LogP contribution in [0.3, 0.4) is 0 Å². The molecule has 2 unspecified atom stereocenters. The Morgan fingerprint density at radius 1 is 1.73 bits per heavy atom. The van der Waals surface area contributed by atoms with Crippen molar-refractivity contribution in [2.45, 2.75) is 12.0 Å². The zero-order chi connectivity index (χ0) is 8.43. The molecule has 0 bridgehead atoms. The van der Waals surface area contributed by atoms with Crippen molar-refractivity contribution < 1.29 is 9.18 Å². The van der Waals surface area contributed by atoms with E-state index in [-0.39, 0.29) is 11.4 Å². The van der Waals surface area contributed by atoms with Gasteiger partial charge in [0.25, 0.3) is 5.24 Å². The van der Waals surface area contributed by atoms with Gasteiger partial charge in [-0.05, 0) is 23.5 Å². The molecule has 1 nitrogen and oxygen atoms in total. The van der Waals surface area contributed by atoms with Crippen LogP contribution in [0.2, 0.25) is 5.82 Å². The number of allylic oxidation sites excluding steroid dienone is 4. The van der Waals surface area contributed by atoms with Gasteiger partial charge in [-0.15, -0.1) is 0 Å². The molecule has 0 spiro atoms. The Morgan fingerprint density at radius 3 is 2.82 bits per heavy atom. The maximum atomic E-state index is 12.8. The van der Waals surface area contributed by atoms with Gasteiger partial charge < -0.3 is 0 Å². The van der Waals surface area contributed by atoms with Crippen molar-refractivity contribution in [2.75, 3.05) is 0 Å². The van der Waals surface area contributed by atoms with Crippen LogP contribution in [-0.2, 0) is 4.79 Å². The summed E-state index contributed by atoms with van der Waals surface area (Å²) >= 11 is 5.14. The van der Waals surface area contributed by atoms with Gasteiger partial charge in [0, 0.05) is 5.57 Å². The molecule has 0 radical (unpaired) electrons. The molecule has 0 saturated carbocycles. The monoisotopic (exact) mass is 172 g/mol. The first-order valence-corrected chi connectivity index (χ1v) is 3.73. The first-order chi connectivity index (χ1) is 5.11. The largest absolute Gasteiger partial charge is 0.276 e. The van der Waals surface area contributed by atoms with Crippen LogP contribution in [-0.4, -0.2) is 19.3 Å². The zero-order valence-corrected chi connectivity index (χ0v) is 6.81. The van der Waals surface area contributed by atoms with Gasteiger partial charge in [0.15, 0.2) is 0 Å². The van der Waals surface area contributed by atoms with E-state index in [0.717, 1.165) is 0 Å². The van der Waals surface area contributed by atoms with E-state index >= 15 is 0 Å². The second kappa shape index (κ2) is 3.22. The molecule has 58 valence electrons. The summed E-state index contributed by atoms with van der Waals surface area (Å²) < 4.78 is 12.8. The summed E-state index contributed by atoms with van der Waals surface area (Å²) in [6.45, 7) is 0. The Labute approximate surface area is 70.3 Å². The molecule has 11 heavy (non-hydrogen) atoms. The van der Waals surface area contributed by atoms with Gasteiger partial charge in [-0.1, -0.05) is 12.2 Å². The van der Waals surface area contributed by atoms with Crippen molar-refractivity contribution >= 4 is 24.7 Å². The van der Waals surface area contributed by atoms with Crippen LogP contribution in [0.5, 0.6) is 0 Å². The quantitative estimate of drug-likeness (QED) is 0.426. The average Bonchev–Trinajstić information content (AvgIpc) is 1.94. The number of hydrogen-bond donors (Lipinski definition) is 0. The Kier molecular flexibility index (Phi) is 2.50. The van der Waals surface area contributed by atoms with Crippen LogP contribution in [0, 0.1) is 0 Å². The van der Waals surface area contributed by atoms with Crippen molar-refractivity contribution in [3.05, 3.63) is 23.8 Å². The SMILES string of the molecule is BC1C=CC(C(=O)Cl)=CC1F. The number of rotatable bonds is 1. The van der Waals surface area contributed by atoms with E-state index in [9.17, 15) is 9.18 Å². The third-order valence-corrected chi connectivity index (χ3v) is 1.87. The average molecular weight is 172 g/mol. The van der Waals surface area contributed by atoms with Crippen LogP contribution in [0.1, 0.15) is 0 Å². The maximum absolute atomic E-state index is 12.8. The van der Waals surface area contributed by atoms with Crippen molar-refractivity contribution in [3.8, 4) is 0 Å². The fourth-order valence-electron chi connectivity index (χ4n) is 0.872. The van der Waals surface area contributed by atoms with Crippen LogP contribution in [0.4, 0.5) is 4.39 Å². The lowest BCUT2D eigenvalue weighted by atomic mass is 9.79. The number of carbonyl (C=O) groups excluding carboxylic acids is 1. The van der Waals surface area contributed by atoms with E-state index in [2.05, 4.69) is 0 Å². The van der Waals surface area contributed by atoms with Crippen molar-refractivity contribution in [1.82, 2.24) is 0 Å².